The smallest absolute Gasteiger partial charge is 0.119 e. The summed E-state index contributed by atoms with van der Waals surface area (Å²) in [5, 5.41) is 20.9. The Morgan fingerprint density at radius 2 is 1.48 bits per heavy atom. The van der Waals surface area contributed by atoms with Gasteiger partial charge in [0.15, 0.2) is 0 Å². The van der Waals surface area contributed by atoms with Gasteiger partial charge in [-0.05, 0) is 36.4 Å². The number of anilines is 1. The minimum absolute atomic E-state index is 0.103. The molecule has 0 aliphatic rings. The van der Waals surface area contributed by atoms with Gasteiger partial charge in [-0.1, -0.05) is 55.6 Å². The highest BCUT2D eigenvalue weighted by atomic mass is 16.5. The van der Waals surface area contributed by atoms with Crippen molar-refractivity contribution in [2.75, 3.05) is 31.2 Å². The van der Waals surface area contributed by atoms with Gasteiger partial charge in [-0.2, -0.15) is 0 Å². The Hall–Kier alpha value is -3.02. The molecule has 5 nitrogen and oxygen atoms in total. The van der Waals surface area contributed by atoms with Crippen molar-refractivity contribution < 1.29 is 19.7 Å². The molecule has 0 aliphatic heterocycles. The van der Waals surface area contributed by atoms with Gasteiger partial charge in [-0.15, -0.1) is 0 Å². The molecule has 0 spiro atoms. The Kier molecular flexibility index (Phi) is 9.55. The molecule has 0 fully saturated rings. The highest BCUT2D eigenvalue weighted by molar-refractivity contribution is 5.46. The van der Waals surface area contributed by atoms with Crippen LogP contribution in [0.1, 0.15) is 0 Å². The van der Waals surface area contributed by atoms with Gasteiger partial charge in [0, 0.05) is 18.8 Å². The quantitative estimate of drug-likeness (QED) is 0.401. The van der Waals surface area contributed by atoms with Gasteiger partial charge in [-0.25, -0.2) is 0 Å². The van der Waals surface area contributed by atoms with Gasteiger partial charge in [0.25, 0.3) is 0 Å². The topological polar surface area (TPSA) is 62.2 Å². The standard InChI is InChI=1S/C24H29NO4/c1-3-11-23(4-2)28-18-21(26)16-25(20-12-7-5-8-13-20)17-22(27)19-29-24-14-9-6-10-15-24/h3-15,21-22,26-27H,1-2,16-19H2/b23-11+. The average molecular weight is 395 g/mol. The Labute approximate surface area is 172 Å². The molecule has 2 unspecified atom stereocenters. The number of aliphatic hydroxyl groups excluding tert-OH is 2. The lowest BCUT2D eigenvalue weighted by atomic mass is 10.2. The zero-order chi connectivity index (χ0) is 20.9. The summed E-state index contributed by atoms with van der Waals surface area (Å²) in [4.78, 5) is 1.91. The van der Waals surface area contributed by atoms with Crippen LogP contribution in [0.3, 0.4) is 0 Å². The Balaban J connectivity index is 1.95. The van der Waals surface area contributed by atoms with Crippen molar-refractivity contribution >= 4 is 5.69 Å². The van der Waals surface area contributed by atoms with Crippen molar-refractivity contribution in [1.29, 1.82) is 0 Å². The first-order chi connectivity index (χ1) is 14.1. The lowest BCUT2D eigenvalue weighted by Gasteiger charge is -2.29. The molecule has 154 valence electrons. The van der Waals surface area contributed by atoms with E-state index in [2.05, 4.69) is 13.2 Å². The molecule has 0 aliphatic carbocycles. The Bertz CT molecular complexity index is 761. The lowest BCUT2D eigenvalue weighted by Crippen LogP contribution is -2.41. The molecule has 0 bridgehead atoms. The molecular weight excluding hydrogens is 366 g/mol. The number of benzene rings is 2. The number of para-hydroxylation sites is 2. The van der Waals surface area contributed by atoms with Crippen molar-refractivity contribution in [2.45, 2.75) is 12.2 Å². The molecule has 0 saturated carbocycles. The first kappa shape index (κ1) is 22.3. The molecule has 0 amide bonds. The lowest BCUT2D eigenvalue weighted by molar-refractivity contribution is 0.0742. The van der Waals surface area contributed by atoms with E-state index < -0.39 is 12.2 Å². The molecule has 0 aromatic heterocycles. The van der Waals surface area contributed by atoms with Crippen LogP contribution in [0.15, 0.2) is 97.8 Å². The number of rotatable bonds is 13. The first-order valence-electron chi connectivity index (χ1n) is 9.54. The van der Waals surface area contributed by atoms with Crippen molar-refractivity contribution in [2.24, 2.45) is 0 Å². The molecule has 0 saturated heterocycles. The third-order valence-corrected chi connectivity index (χ3v) is 4.09. The van der Waals surface area contributed by atoms with E-state index in [9.17, 15) is 10.2 Å². The van der Waals surface area contributed by atoms with E-state index >= 15 is 0 Å². The van der Waals surface area contributed by atoms with Gasteiger partial charge in [0.2, 0.25) is 0 Å². The fraction of sp³-hybridized carbons (Fsp3) is 0.250. The zero-order valence-corrected chi connectivity index (χ0v) is 16.6. The predicted octanol–water partition coefficient (Wildman–Crippen LogP) is 3.57. The van der Waals surface area contributed by atoms with Crippen molar-refractivity contribution in [3.63, 3.8) is 0 Å². The third-order valence-electron chi connectivity index (χ3n) is 4.09. The van der Waals surface area contributed by atoms with Crippen LogP contribution in [0.4, 0.5) is 5.69 Å². The fourth-order valence-electron chi connectivity index (χ4n) is 2.73. The monoisotopic (exact) mass is 395 g/mol. The van der Waals surface area contributed by atoms with E-state index in [0.717, 1.165) is 5.69 Å². The molecule has 2 aromatic rings. The summed E-state index contributed by atoms with van der Waals surface area (Å²) in [7, 11) is 0. The first-order valence-corrected chi connectivity index (χ1v) is 9.54. The van der Waals surface area contributed by atoms with E-state index in [4.69, 9.17) is 9.47 Å². The second kappa shape index (κ2) is 12.4. The van der Waals surface area contributed by atoms with Crippen LogP contribution in [-0.4, -0.2) is 48.7 Å². The summed E-state index contributed by atoms with van der Waals surface area (Å²) < 4.78 is 11.2. The van der Waals surface area contributed by atoms with Crippen molar-refractivity contribution in [3.8, 4) is 5.75 Å². The molecule has 2 aromatic carbocycles. The highest BCUT2D eigenvalue weighted by Crippen LogP contribution is 2.16. The normalized spacial score (nSPS) is 13.2. The summed E-state index contributed by atoms with van der Waals surface area (Å²) >= 11 is 0. The maximum absolute atomic E-state index is 10.5. The number of ether oxygens (including phenoxy) is 2. The second-order valence-corrected chi connectivity index (χ2v) is 6.49. The summed E-state index contributed by atoms with van der Waals surface area (Å²) in [5.74, 6) is 1.25. The minimum atomic E-state index is -0.759. The summed E-state index contributed by atoms with van der Waals surface area (Å²) in [6.45, 7) is 8.16. The van der Waals surface area contributed by atoms with Crippen LogP contribution >= 0.6 is 0 Å². The van der Waals surface area contributed by atoms with Crippen molar-refractivity contribution in [3.05, 3.63) is 97.8 Å². The SMILES string of the molecule is C=C/C=C(\C=C)OCC(O)CN(CC(O)COc1ccccc1)c1ccccc1. The second-order valence-electron chi connectivity index (χ2n) is 6.49. The van der Waals surface area contributed by atoms with Gasteiger partial charge < -0.3 is 24.6 Å². The maximum Gasteiger partial charge on any atom is 0.119 e. The Morgan fingerprint density at radius 1 is 0.897 bits per heavy atom. The Morgan fingerprint density at radius 3 is 2.07 bits per heavy atom. The summed E-state index contributed by atoms with van der Waals surface area (Å²) in [6, 6.07) is 19.0. The van der Waals surface area contributed by atoms with Gasteiger partial charge in [-0.3, -0.25) is 0 Å². The van der Waals surface area contributed by atoms with Crippen molar-refractivity contribution in [1.82, 2.24) is 0 Å². The van der Waals surface area contributed by atoms with E-state index in [0.29, 0.717) is 24.6 Å². The number of hydrogen-bond acceptors (Lipinski definition) is 5. The number of aliphatic hydroxyl groups is 2. The number of nitrogens with zero attached hydrogens (tertiary/aromatic N) is 1. The largest absolute Gasteiger partial charge is 0.491 e. The van der Waals surface area contributed by atoms with Gasteiger partial charge in [0.05, 0.1) is 0 Å². The number of allylic oxidation sites excluding steroid dienone is 3. The van der Waals surface area contributed by atoms with Crippen LogP contribution in [0, 0.1) is 0 Å². The maximum atomic E-state index is 10.5. The predicted molar refractivity (Wildman–Crippen MR) is 117 cm³/mol. The molecule has 2 N–H and O–H groups in total. The van der Waals surface area contributed by atoms with Crippen LogP contribution in [-0.2, 0) is 4.74 Å². The van der Waals surface area contributed by atoms with E-state index in [1.165, 1.54) is 0 Å². The number of hydrogen-bond donors (Lipinski definition) is 2. The molecular formula is C24H29NO4. The highest BCUT2D eigenvalue weighted by Gasteiger charge is 2.17. The minimum Gasteiger partial charge on any atom is -0.491 e. The molecule has 2 rings (SSSR count). The van der Waals surface area contributed by atoms with Gasteiger partial charge in [0.1, 0.15) is 36.9 Å². The van der Waals surface area contributed by atoms with Crippen LogP contribution in [0.2, 0.25) is 0 Å². The zero-order valence-electron chi connectivity index (χ0n) is 16.6. The third kappa shape index (κ3) is 8.25. The summed E-state index contributed by atoms with van der Waals surface area (Å²) in [5.41, 5.74) is 0.899. The van der Waals surface area contributed by atoms with E-state index in [-0.39, 0.29) is 13.2 Å². The van der Waals surface area contributed by atoms with Gasteiger partial charge >= 0.3 is 0 Å². The molecule has 2 atom stereocenters. The average Bonchev–Trinajstić information content (AvgIpc) is 2.76. The fourth-order valence-corrected chi connectivity index (χ4v) is 2.73. The van der Waals surface area contributed by atoms with Crippen LogP contribution < -0.4 is 9.64 Å². The molecule has 29 heavy (non-hydrogen) atoms. The summed E-state index contributed by atoms with van der Waals surface area (Å²) in [6.07, 6.45) is 3.36. The molecule has 0 heterocycles. The van der Waals surface area contributed by atoms with E-state index in [1.54, 1.807) is 18.2 Å². The van der Waals surface area contributed by atoms with E-state index in [1.807, 2.05) is 65.6 Å². The molecule has 0 radical (unpaired) electrons. The molecule has 5 heteroatoms. The van der Waals surface area contributed by atoms with Crippen LogP contribution in [0.5, 0.6) is 5.75 Å². The van der Waals surface area contributed by atoms with Crippen LogP contribution in [0.25, 0.3) is 0 Å².